The molecule has 0 saturated carbocycles. The van der Waals surface area contributed by atoms with Crippen molar-refractivity contribution in [2.45, 2.75) is 91.4 Å². The van der Waals surface area contributed by atoms with Gasteiger partial charge in [0.2, 0.25) is 0 Å². The van der Waals surface area contributed by atoms with E-state index in [0.29, 0.717) is 25.2 Å². The summed E-state index contributed by atoms with van der Waals surface area (Å²) in [5, 5.41) is 18.9. The van der Waals surface area contributed by atoms with Gasteiger partial charge < -0.3 is 29.2 Å². The zero-order chi connectivity index (χ0) is 24.5. The summed E-state index contributed by atoms with van der Waals surface area (Å²) in [6.45, 7) is 10.9. The fourth-order valence-electron chi connectivity index (χ4n) is 2.27. The number of unbranched alkanes of at least 4 members (excludes halogenated alkanes) is 1. The Labute approximate surface area is 194 Å². The molecular weight excluding hydrogens is 462 g/mol. The van der Waals surface area contributed by atoms with E-state index in [-0.39, 0.29) is 44.7 Å². The van der Waals surface area contributed by atoms with Gasteiger partial charge in [-0.15, -0.1) is 9.05 Å². The fourth-order valence-corrected chi connectivity index (χ4v) is 4.15. The van der Waals surface area contributed by atoms with Crippen LogP contribution in [0.5, 0.6) is 0 Å². The Morgan fingerprint density at radius 1 is 0.688 bits per heavy atom. The van der Waals surface area contributed by atoms with E-state index in [1.807, 2.05) is 13.8 Å². The van der Waals surface area contributed by atoms with Crippen molar-refractivity contribution >= 4 is 16.1 Å². The van der Waals surface area contributed by atoms with Crippen LogP contribution in [0.15, 0.2) is 0 Å². The Morgan fingerprint density at radius 2 is 1.22 bits per heavy atom. The number of aliphatic hydroxyl groups excluding tert-OH is 2. The third-order valence-electron chi connectivity index (χ3n) is 3.64. The summed E-state index contributed by atoms with van der Waals surface area (Å²) in [6, 6.07) is 0. The SMILES string of the molecule is CC(O)COC(C)CO[P+](=O)CCCC[P+](=O)OCC(OCC(O)OC(C)C)OC(C)C. The van der Waals surface area contributed by atoms with Crippen LogP contribution in [0.1, 0.15) is 54.4 Å². The topological polar surface area (TPSA) is 130 Å². The number of aliphatic hydroxyl groups is 2. The van der Waals surface area contributed by atoms with Gasteiger partial charge in [-0.2, -0.15) is 0 Å². The molecule has 0 aliphatic heterocycles. The van der Waals surface area contributed by atoms with Crippen molar-refractivity contribution in [1.82, 2.24) is 0 Å². The van der Waals surface area contributed by atoms with Crippen LogP contribution in [-0.4, -0.2) is 86.0 Å². The number of ether oxygens (including phenoxy) is 4. The lowest BCUT2D eigenvalue weighted by molar-refractivity contribution is -0.226. The summed E-state index contributed by atoms with van der Waals surface area (Å²) in [6.07, 6.45) is -1.12. The van der Waals surface area contributed by atoms with Gasteiger partial charge in [0.1, 0.15) is 13.2 Å². The van der Waals surface area contributed by atoms with Gasteiger partial charge in [-0.25, -0.2) is 0 Å². The lowest BCUT2D eigenvalue weighted by Crippen LogP contribution is -2.31. The molecule has 190 valence electrons. The zero-order valence-electron chi connectivity index (χ0n) is 20.2. The molecule has 10 nitrogen and oxygen atoms in total. The zero-order valence-corrected chi connectivity index (χ0v) is 22.0. The highest BCUT2D eigenvalue weighted by molar-refractivity contribution is 7.39. The maximum atomic E-state index is 12.1. The van der Waals surface area contributed by atoms with Crippen LogP contribution in [0, 0.1) is 0 Å². The second-order valence-electron chi connectivity index (χ2n) is 7.99. The summed E-state index contributed by atoms with van der Waals surface area (Å²) in [5.41, 5.74) is 0. The van der Waals surface area contributed by atoms with Crippen LogP contribution in [0.2, 0.25) is 0 Å². The quantitative estimate of drug-likeness (QED) is 0.136. The van der Waals surface area contributed by atoms with E-state index in [1.54, 1.807) is 27.7 Å². The van der Waals surface area contributed by atoms with E-state index in [2.05, 4.69) is 0 Å². The highest BCUT2D eigenvalue weighted by Crippen LogP contribution is 2.28. The molecule has 0 radical (unpaired) electrons. The highest BCUT2D eigenvalue weighted by Gasteiger charge is 2.25. The summed E-state index contributed by atoms with van der Waals surface area (Å²) in [4.78, 5) is 0. The van der Waals surface area contributed by atoms with E-state index >= 15 is 0 Å². The molecule has 0 fully saturated rings. The molecule has 0 aliphatic rings. The van der Waals surface area contributed by atoms with Crippen molar-refractivity contribution in [3.8, 4) is 0 Å². The van der Waals surface area contributed by atoms with Gasteiger partial charge in [-0.1, -0.05) is 0 Å². The average molecular weight is 504 g/mol. The largest absolute Gasteiger partial charge is 0.508 e. The van der Waals surface area contributed by atoms with Gasteiger partial charge in [0.15, 0.2) is 31.5 Å². The number of hydrogen-bond donors (Lipinski definition) is 2. The average Bonchev–Trinajstić information content (AvgIpc) is 2.69. The molecule has 0 amide bonds. The van der Waals surface area contributed by atoms with E-state index in [0.717, 1.165) is 0 Å². The Hall–Kier alpha value is -0.120. The van der Waals surface area contributed by atoms with E-state index in [4.69, 9.17) is 33.1 Å². The monoisotopic (exact) mass is 504 g/mol. The predicted octanol–water partition coefficient (Wildman–Crippen LogP) is 3.58. The maximum Gasteiger partial charge on any atom is 0.508 e. The van der Waals surface area contributed by atoms with Crippen LogP contribution in [0.3, 0.4) is 0 Å². The van der Waals surface area contributed by atoms with E-state index in [9.17, 15) is 14.2 Å². The lowest BCUT2D eigenvalue weighted by Gasteiger charge is -2.21. The van der Waals surface area contributed by atoms with Crippen LogP contribution >= 0.6 is 16.1 Å². The Bertz CT molecular complexity index is 505. The van der Waals surface area contributed by atoms with Crippen LogP contribution in [0.25, 0.3) is 0 Å². The molecule has 0 aromatic rings. The molecule has 0 spiro atoms. The summed E-state index contributed by atoms with van der Waals surface area (Å²) >= 11 is 0. The molecule has 0 rings (SSSR count). The molecule has 12 heteroatoms. The Kier molecular flexibility index (Phi) is 19.1. The summed E-state index contributed by atoms with van der Waals surface area (Å²) in [5.74, 6) is 0. The first-order valence-electron chi connectivity index (χ1n) is 11.0. The van der Waals surface area contributed by atoms with Crippen LogP contribution in [-0.2, 0) is 37.1 Å². The first kappa shape index (κ1) is 31.9. The standard InChI is InChI=1S/C20H42O10P2/c1-15(2)29-19(22)13-26-20(30-16(3)4)14-28-32(24)10-8-7-9-31(23)27-12-18(6)25-11-17(5)21/h15-22H,7-14H2,1-6H3/q+2. The molecule has 0 saturated heterocycles. The minimum atomic E-state index is -1.92. The van der Waals surface area contributed by atoms with Crippen molar-refractivity contribution in [2.24, 2.45) is 0 Å². The van der Waals surface area contributed by atoms with Gasteiger partial charge in [0.25, 0.3) is 0 Å². The highest BCUT2D eigenvalue weighted by atomic mass is 31.1. The minimum Gasteiger partial charge on any atom is -0.391 e. The van der Waals surface area contributed by atoms with Crippen molar-refractivity contribution < 1.29 is 47.3 Å². The predicted molar refractivity (Wildman–Crippen MR) is 121 cm³/mol. The van der Waals surface area contributed by atoms with Gasteiger partial charge >= 0.3 is 16.1 Å². The summed E-state index contributed by atoms with van der Waals surface area (Å²) in [7, 11) is -3.74. The molecular formula is C20H42O10P2+2. The van der Waals surface area contributed by atoms with Crippen molar-refractivity contribution in [3.63, 3.8) is 0 Å². The van der Waals surface area contributed by atoms with Crippen molar-refractivity contribution in [2.75, 3.05) is 38.8 Å². The normalized spacial score (nSPS) is 16.8. The summed E-state index contributed by atoms with van der Waals surface area (Å²) < 4.78 is 56.2. The maximum absolute atomic E-state index is 12.1. The molecule has 0 aliphatic carbocycles. The minimum absolute atomic E-state index is 0.0382. The Balaban J connectivity index is 4.02. The van der Waals surface area contributed by atoms with Crippen LogP contribution < -0.4 is 0 Å². The third-order valence-corrected chi connectivity index (χ3v) is 5.88. The molecule has 6 unspecified atom stereocenters. The van der Waals surface area contributed by atoms with Crippen molar-refractivity contribution in [3.05, 3.63) is 0 Å². The van der Waals surface area contributed by atoms with Gasteiger partial charge in [0.05, 0.1) is 31.0 Å². The van der Waals surface area contributed by atoms with E-state index in [1.165, 1.54) is 0 Å². The molecule has 32 heavy (non-hydrogen) atoms. The molecule has 2 N–H and O–H groups in total. The van der Waals surface area contributed by atoms with Gasteiger partial charge in [-0.05, 0) is 63.5 Å². The molecule has 0 aromatic heterocycles. The molecule has 6 atom stereocenters. The smallest absolute Gasteiger partial charge is 0.391 e. The molecule has 0 aromatic carbocycles. The van der Waals surface area contributed by atoms with Crippen molar-refractivity contribution in [1.29, 1.82) is 0 Å². The van der Waals surface area contributed by atoms with Crippen LogP contribution in [0.4, 0.5) is 0 Å². The second-order valence-corrected chi connectivity index (χ2v) is 10.7. The first-order chi connectivity index (χ1) is 15.0. The lowest BCUT2D eigenvalue weighted by atomic mass is 10.4. The third kappa shape index (κ3) is 20.5. The number of rotatable bonds is 21. The second kappa shape index (κ2) is 19.2. The molecule has 0 heterocycles. The molecule has 0 bridgehead atoms. The number of hydrogen-bond acceptors (Lipinski definition) is 10. The first-order valence-corrected chi connectivity index (χ1v) is 13.8. The fraction of sp³-hybridized carbons (Fsp3) is 1.00. The van der Waals surface area contributed by atoms with Gasteiger partial charge in [-0.3, -0.25) is 0 Å². The Morgan fingerprint density at radius 3 is 1.72 bits per heavy atom. The van der Waals surface area contributed by atoms with E-state index < -0.39 is 34.7 Å². The van der Waals surface area contributed by atoms with Gasteiger partial charge in [0, 0.05) is 0 Å².